The van der Waals surface area contributed by atoms with E-state index in [4.69, 9.17) is 9.47 Å². The smallest absolute Gasteiger partial charge is 0.408 e. The average molecular weight is 498 g/mol. The summed E-state index contributed by atoms with van der Waals surface area (Å²) < 4.78 is 26.0. The Morgan fingerprint density at radius 2 is 1.89 bits per heavy atom. The van der Waals surface area contributed by atoms with Gasteiger partial charge in [-0.1, -0.05) is 0 Å². The maximum Gasteiger partial charge on any atom is 0.408 e. The van der Waals surface area contributed by atoms with Gasteiger partial charge in [-0.3, -0.25) is 0 Å². The molecule has 0 unspecified atom stereocenters. The van der Waals surface area contributed by atoms with Crippen molar-refractivity contribution in [1.82, 2.24) is 15.0 Å². The van der Waals surface area contributed by atoms with E-state index < -0.39 is 45.5 Å². The first-order valence-corrected chi connectivity index (χ1v) is 11.5. The van der Waals surface area contributed by atoms with Crippen LogP contribution in [0.4, 0.5) is 4.79 Å². The number of nitrogens with zero attached hydrogens (tertiary/aromatic N) is 1. The molecule has 160 valence electrons. The third-order valence-corrected chi connectivity index (χ3v) is 6.31. The summed E-state index contributed by atoms with van der Waals surface area (Å²) in [5, 5.41) is 4.75. The average Bonchev–Trinajstić information content (AvgIpc) is 2.94. The van der Waals surface area contributed by atoms with Crippen LogP contribution in [0.15, 0.2) is 9.98 Å². The van der Waals surface area contributed by atoms with Crippen LogP contribution in [-0.2, 0) is 25.3 Å². The SMILES string of the molecule is CCOC(=O)[C@@H](NC(=O)OC(C)(C)C)[C@H](N[S@@](=O)C(C)(C)C)c1nc(Br)cs1. The molecule has 1 amide bonds. The number of rotatable bonds is 7. The Morgan fingerprint density at radius 3 is 2.32 bits per heavy atom. The quantitative estimate of drug-likeness (QED) is 0.558. The Hall–Kier alpha value is -1.04. The Morgan fingerprint density at radius 1 is 1.29 bits per heavy atom. The zero-order valence-electron chi connectivity index (χ0n) is 17.1. The number of aromatic nitrogens is 1. The van der Waals surface area contributed by atoms with Gasteiger partial charge in [0, 0.05) is 5.38 Å². The summed E-state index contributed by atoms with van der Waals surface area (Å²) in [5.74, 6) is -0.678. The maximum atomic E-state index is 12.7. The molecular formula is C17H28BrN3O5S2. The van der Waals surface area contributed by atoms with Gasteiger partial charge in [0.05, 0.1) is 22.3 Å². The summed E-state index contributed by atoms with van der Waals surface area (Å²) in [4.78, 5) is 29.3. The lowest BCUT2D eigenvalue weighted by Crippen LogP contribution is -2.52. The summed E-state index contributed by atoms with van der Waals surface area (Å²) >= 11 is 4.54. The Labute approximate surface area is 180 Å². The summed E-state index contributed by atoms with van der Waals surface area (Å²) in [6.45, 7) is 12.3. The molecule has 0 aliphatic heterocycles. The first-order valence-electron chi connectivity index (χ1n) is 8.69. The van der Waals surface area contributed by atoms with E-state index in [-0.39, 0.29) is 6.61 Å². The summed E-state index contributed by atoms with van der Waals surface area (Å²) in [7, 11) is -1.53. The van der Waals surface area contributed by atoms with E-state index in [0.29, 0.717) is 9.61 Å². The van der Waals surface area contributed by atoms with Gasteiger partial charge in [0.25, 0.3) is 0 Å². The highest BCUT2D eigenvalue weighted by molar-refractivity contribution is 9.10. The minimum Gasteiger partial charge on any atom is -0.464 e. The van der Waals surface area contributed by atoms with Gasteiger partial charge in [-0.05, 0) is 64.4 Å². The van der Waals surface area contributed by atoms with E-state index in [1.807, 2.05) is 0 Å². The number of hydrogen-bond acceptors (Lipinski definition) is 7. The number of amides is 1. The molecule has 0 fully saturated rings. The molecule has 0 radical (unpaired) electrons. The van der Waals surface area contributed by atoms with Crippen LogP contribution in [0.2, 0.25) is 0 Å². The summed E-state index contributed by atoms with van der Waals surface area (Å²) in [5.41, 5.74) is -0.745. The van der Waals surface area contributed by atoms with E-state index in [2.05, 4.69) is 31.0 Å². The van der Waals surface area contributed by atoms with Crippen LogP contribution in [0.3, 0.4) is 0 Å². The monoisotopic (exact) mass is 497 g/mol. The van der Waals surface area contributed by atoms with E-state index in [1.165, 1.54) is 11.3 Å². The van der Waals surface area contributed by atoms with E-state index >= 15 is 0 Å². The molecule has 11 heteroatoms. The highest BCUT2D eigenvalue weighted by Gasteiger charge is 2.38. The number of esters is 1. The van der Waals surface area contributed by atoms with Crippen molar-refractivity contribution in [3.8, 4) is 0 Å². The van der Waals surface area contributed by atoms with Crippen molar-refractivity contribution < 1.29 is 23.3 Å². The predicted octanol–water partition coefficient (Wildman–Crippen LogP) is 3.45. The second kappa shape index (κ2) is 10.1. The number of thiazole rings is 1. The van der Waals surface area contributed by atoms with Gasteiger partial charge >= 0.3 is 12.1 Å². The molecule has 28 heavy (non-hydrogen) atoms. The number of ether oxygens (including phenoxy) is 2. The van der Waals surface area contributed by atoms with E-state index in [1.54, 1.807) is 53.8 Å². The third kappa shape index (κ3) is 8.14. The highest BCUT2D eigenvalue weighted by Crippen LogP contribution is 2.27. The van der Waals surface area contributed by atoms with E-state index in [0.717, 1.165) is 0 Å². The zero-order valence-corrected chi connectivity index (χ0v) is 20.3. The van der Waals surface area contributed by atoms with Gasteiger partial charge in [0.2, 0.25) is 0 Å². The normalized spacial score (nSPS) is 15.4. The number of halogens is 1. The molecule has 0 aromatic carbocycles. The largest absolute Gasteiger partial charge is 0.464 e. The molecule has 1 aromatic rings. The molecule has 3 atom stereocenters. The van der Waals surface area contributed by atoms with Gasteiger partial charge in [0.15, 0.2) is 6.04 Å². The minimum atomic E-state index is -1.53. The third-order valence-electron chi connectivity index (χ3n) is 3.10. The first kappa shape index (κ1) is 25.0. The van der Waals surface area contributed by atoms with Crippen LogP contribution in [0.5, 0.6) is 0 Å². The van der Waals surface area contributed by atoms with Crippen molar-refractivity contribution in [2.45, 2.75) is 70.9 Å². The fourth-order valence-electron chi connectivity index (χ4n) is 1.91. The second-order valence-electron chi connectivity index (χ2n) is 7.86. The number of nitrogens with one attached hydrogen (secondary N) is 2. The van der Waals surface area contributed by atoms with Crippen LogP contribution in [0.25, 0.3) is 0 Å². The van der Waals surface area contributed by atoms with Crippen LogP contribution < -0.4 is 10.0 Å². The van der Waals surface area contributed by atoms with E-state index in [9.17, 15) is 13.8 Å². The van der Waals surface area contributed by atoms with Gasteiger partial charge < -0.3 is 14.8 Å². The van der Waals surface area contributed by atoms with Gasteiger partial charge in [-0.25, -0.2) is 23.5 Å². The molecule has 0 saturated heterocycles. The van der Waals surface area contributed by atoms with Crippen LogP contribution in [0, 0.1) is 0 Å². The molecule has 0 spiro atoms. The topological polar surface area (TPSA) is 107 Å². The summed E-state index contributed by atoms with van der Waals surface area (Å²) in [6.07, 6.45) is -0.783. The van der Waals surface area contributed by atoms with Crippen molar-refractivity contribution in [2.75, 3.05) is 6.61 Å². The van der Waals surface area contributed by atoms with Crippen LogP contribution in [-0.4, -0.2) is 44.3 Å². The number of alkyl carbamates (subject to hydrolysis) is 1. The Bertz CT molecular complexity index is 712. The standard InChI is InChI=1S/C17H28BrN3O5S2/c1-8-25-14(22)12(20-15(23)26-16(2,3)4)11(13-19-10(18)9-27-13)21-28(24)17(5,6)7/h9,11-12,21H,8H2,1-7H3,(H,20,23)/t11-,12-,28-/m0/s1. The molecule has 0 aliphatic carbocycles. The van der Waals surface area contributed by atoms with Crippen LogP contribution in [0.1, 0.15) is 59.5 Å². The van der Waals surface area contributed by atoms with Crippen molar-refractivity contribution in [3.05, 3.63) is 15.0 Å². The predicted molar refractivity (Wildman–Crippen MR) is 113 cm³/mol. The maximum absolute atomic E-state index is 12.7. The van der Waals surface area contributed by atoms with Crippen molar-refractivity contribution in [3.63, 3.8) is 0 Å². The van der Waals surface area contributed by atoms with Gasteiger partial charge in [-0.15, -0.1) is 11.3 Å². The van der Waals surface area contributed by atoms with Crippen molar-refractivity contribution in [1.29, 1.82) is 0 Å². The van der Waals surface area contributed by atoms with Crippen molar-refractivity contribution >= 4 is 50.3 Å². The number of hydrogen-bond donors (Lipinski definition) is 2. The fourth-order valence-corrected chi connectivity index (χ4v) is 4.17. The molecule has 0 saturated carbocycles. The Kier molecular flexibility index (Phi) is 9.04. The molecular weight excluding hydrogens is 470 g/mol. The first-order chi connectivity index (χ1) is 12.7. The minimum absolute atomic E-state index is 0.127. The highest BCUT2D eigenvalue weighted by atomic mass is 79.9. The number of carbonyl (C=O) groups is 2. The number of carbonyl (C=O) groups excluding carboxylic acids is 2. The fraction of sp³-hybridized carbons (Fsp3) is 0.706. The lowest BCUT2D eigenvalue weighted by Gasteiger charge is -2.29. The second-order valence-corrected chi connectivity index (χ2v) is 11.6. The lowest BCUT2D eigenvalue weighted by atomic mass is 10.1. The summed E-state index contributed by atoms with van der Waals surface area (Å²) in [6, 6.07) is -2.05. The zero-order chi connectivity index (χ0) is 21.7. The molecule has 0 bridgehead atoms. The molecule has 8 nitrogen and oxygen atoms in total. The molecule has 1 rings (SSSR count). The molecule has 0 aliphatic rings. The Balaban J connectivity index is 3.26. The van der Waals surface area contributed by atoms with Gasteiger partial charge in [-0.2, -0.15) is 0 Å². The molecule has 1 aromatic heterocycles. The molecule has 1 heterocycles. The van der Waals surface area contributed by atoms with Crippen molar-refractivity contribution in [2.24, 2.45) is 0 Å². The van der Waals surface area contributed by atoms with Gasteiger partial charge in [0.1, 0.15) is 21.3 Å². The van der Waals surface area contributed by atoms with Crippen LogP contribution >= 0.6 is 27.3 Å². The lowest BCUT2D eigenvalue weighted by molar-refractivity contribution is -0.146. The molecule has 2 N–H and O–H groups in total.